The molecule has 1 nitrogen and oxygen atoms in total. The average Bonchev–Trinajstić information content (AvgIpc) is 3.13. The first kappa shape index (κ1) is 10.9. The summed E-state index contributed by atoms with van der Waals surface area (Å²) in [4.78, 5) is 0. The molecule has 2 fully saturated rings. The van der Waals surface area contributed by atoms with E-state index < -0.39 is 0 Å². The van der Waals surface area contributed by atoms with Crippen LogP contribution in [0.5, 0.6) is 0 Å². The van der Waals surface area contributed by atoms with Crippen molar-refractivity contribution in [2.45, 2.75) is 25.7 Å². The Morgan fingerprint density at radius 2 is 1.67 bits per heavy atom. The lowest BCUT2D eigenvalue weighted by Gasteiger charge is -2.24. The van der Waals surface area contributed by atoms with Crippen LogP contribution in [0.3, 0.4) is 0 Å². The van der Waals surface area contributed by atoms with Crippen LogP contribution in [-0.2, 0) is 4.74 Å². The Kier molecular flexibility index (Phi) is 2.43. The second-order valence-corrected chi connectivity index (χ2v) is 6.70. The van der Waals surface area contributed by atoms with Crippen LogP contribution in [0.25, 0.3) is 0 Å². The maximum Gasteiger partial charge on any atom is 0.0925 e. The number of hydrogen-bond donors (Lipinski definition) is 0. The topological polar surface area (TPSA) is 9.23 Å². The monoisotopic (exact) mass is 242 g/mol. The SMILES string of the molecule is C=C(OCC1CC2C=CC1C2)C1CC2C=CC1C2. The molecule has 0 heterocycles. The van der Waals surface area contributed by atoms with Gasteiger partial charge in [-0.3, -0.25) is 0 Å². The normalized spacial score (nSPS) is 47.1. The maximum absolute atomic E-state index is 6.05. The van der Waals surface area contributed by atoms with Crippen molar-refractivity contribution < 1.29 is 4.74 Å². The van der Waals surface area contributed by atoms with Crippen molar-refractivity contribution in [3.63, 3.8) is 0 Å². The molecule has 0 radical (unpaired) electrons. The van der Waals surface area contributed by atoms with Gasteiger partial charge in [0.2, 0.25) is 0 Å². The Labute approximate surface area is 110 Å². The summed E-state index contributed by atoms with van der Waals surface area (Å²) >= 11 is 0. The van der Waals surface area contributed by atoms with Gasteiger partial charge in [0.05, 0.1) is 12.4 Å². The number of ether oxygens (including phenoxy) is 1. The third kappa shape index (κ3) is 1.67. The molecule has 0 amide bonds. The van der Waals surface area contributed by atoms with Gasteiger partial charge in [-0.1, -0.05) is 30.9 Å². The van der Waals surface area contributed by atoms with Crippen molar-refractivity contribution in [1.82, 2.24) is 0 Å². The molecule has 0 spiro atoms. The molecule has 0 N–H and O–H groups in total. The van der Waals surface area contributed by atoms with Gasteiger partial charge in [-0.25, -0.2) is 0 Å². The molecule has 4 rings (SSSR count). The van der Waals surface area contributed by atoms with Crippen LogP contribution in [0.2, 0.25) is 0 Å². The Bertz CT molecular complexity index is 419. The fourth-order valence-corrected chi connectivity index (χ4v) is 4.56. The van der Waals surface area contributed by atoms with E-state index >= 15 is 0 Å². The average molecular weight is 242 g/mol. The molecule has 0 aliphatic heterocycles. The lowest BCUT2D eigenvalue weighted by atomic mass is 9.91. The molecule has 6 unspecified atom stereocenters. The van der Waals surface area contributed by atoms with Gasteiger partial charge in [0, 0.05) is 5.92 Å². The Balaban J connectivity index is 1.32. The van der Waals surface area contributed by atoms with Crippen molar-refractivity contribution in [3.8, 4) is 0 Å². The van der Waals surface area contributed by atoms with E-state index in [4.69, 9.17) is 4.74 Å². The summed E-state index contributed by atoms with van der Waals surface area (Å²) in [5.74, 6) is 5.61. The van der Waals surface area contributed by atoms with Gasteiger partial charge in [-0.15, -0.1) is 0 Å². The second kappa shape index (κ2) is 4.01. The summed E-state index contributed by atoms with van der Waals surface area (Å²) in [6.07, 6.45) is 14.9. The van der Waals surface area contributed by atoms with Gasteiger partial charge < -0.3 is 4.74 Å². The molecular formula is C17H22O. The minimum absolute atomic E-state index is 0.606. The van der Waals surface area contributed by atoms with E-state index in [0.29, 0.717) is 5.92 Å². The van der Waals surface area contributed by atoms with Crippen LogP contribution in [0, 0.1) is 35.5 Å². The highest BCUT2D eigenvalue weighted by atomic mass is 16.5. The third-order valence-corrected chi connectivity index (χ3v) is 5.59. The molecule has 2 saturated carbocycles. The zero-order chi connectivity index (χ0) is 12.1. The van der Waals surface area contributed by atoms with E-state index in [2.05, 4.69) is 30.9 Å². The first-order valence-corrected chi connectivity index (χ1v) is 7.48. The molecule has 4 bridgehead atoms. The molecule has 1 heteroatoms. The molecular weight excluding hydrogens is 220 g/mol. The van der Waals surface area contributed by atoms with E-state index in [1.165, 1.54) is 25.7 Å². The zero-order valence-electron chi connectivity index (χ0n) is 10.9. The number of rotatable bonds is 4. The standard InChI is InChI=1S/C17H22O/c1-11(17-9-13-3-5-15(17)7-13)18-10-16-8-12-2-4-14(16)6-12/h2-5,12-17H,1,6-10H2. The molecule has 4 aliphatic rings. The smallest absolute Gasteiger partial charge is 0.0925 e. The molecule has 6 atom stereocenters. The van der Waals surface area contributed by atoms with Gasteiger partial charge in [0.25, 0.3) is 0 Å². The van der Waals surface area contributed by atoms with Crippen LogP contribution in [0.1, 0.15) is 25.7 Å². The van der Waals surface area contributed by atoms with Crippen LogP contribution in [0.15, 0.2) is 36.6 Å². The van der Waals surface area contributed by atoms with Crippen molar-refractivity contribution in [2.75, 3.05) is 6.61 Å². The Hall–Kier alpha value is -0.980. The molecule has 96 valence electrons. The van der Waals surface area contributed by atoms with Gasteiger partial charge in [-0.2, -0.15) is 0 Å². The van der Waals surface area contributed by atoms with E-state index in [1.807, 2.05) is 0 Å². The fourth-order valence-electron chi connectivity index (χ4n) is 4.56. The fraction of sp³-hybridized carbons (Fsp3) is 0.647. The summed E-state index contributed by atoms with van der Waals surface area (Å²) in [6.45, 7) is 5.11. The van der Waals surface area contributed by atoms with E-state index in [1.54, 1.807) is 0 Å². The molecule has 0 aromatic carbocycles. The number of allylic oxidation sites excluding steroid dienone is 5. The number of fused-ring (bicyclic) bond motifs is 4. The van der Waals surface area contributed by atoms with Gasteiger partial charge in [0.1, 0.15) is 0 Å². The lowest BCUT2D eigenvalue weighted by Crippen LogP contribution is -2.18. The van der Waals surface area contributed by atoms with Crippen molar-refractivity contribution in [3.05, 3.63) is 36.6 Å². The highest BCUT2D eigenvalue weighted by molar-refractivity contribution is 5.16. The van der Waals surface area contributed by atoms with Gasteiger partial charge in [-0.05, 0) is 55.3 Å². The quantitative estimate of drug-likeness (QED) is 0.536. The van der Waals surface area contributed by atoms with E-state index in [0.717, 1.165) is 42.0 Å². The van der Waals surface area contributed by atoms with Crippen molar-refractivity contribution in [1.29, 1.82) is 0 Å². The molecule has 0 aromatic heterocycles. The third-order valence-electron chi connectivity index (χ3n) is 5.59. The molecule has 0 saturated heterocycles. The first-order chi connectivity index (χ1) is 8.79. The second-order valence-electron chi connectivity index (χ2n) is 6.70. The minimum Gasteiger partial charge on any atom is -0.498 e. The highest BCUT2D eigenvalue weighted by Gasteiger charge is 2.39. The summed E-state index contributed by atoms with van der Waals surface area (Å²) in [5, 5.41) is 0. The molecule has 18 heavy (non-hydrogen) atoms. The van der Waals surface area contributed by atoms with Crippen LogP contribution < -0.4 is 0 Å². The predicted molar refractivity (Wildman–Crippen MR) is 72.8 cm³/mol. The van der Waals surface area contributed by atoms with Crippen molar-refractivity contribution >= 4 is 0 Å². The first-order valence-electron chi connectivity index (χ1n) is 7.48. The maximum atomic E-state index is 6.05. The molecule has 4 aliphatic carbocycles. The van der Waals surface area contributed by atoms with E-state index in [9.17, 15) is 0 Å². The van der Waals surface area contributed by atoms with Crippen LogP contribution in [0.4, 0.5) is 0 Å². The van der Waals surface area contributed by atoms with Crippen LogP contribution >= 0.6 is 0 Å². The zero-order valence-corrected chi connectivity index (χ0v) is 10.9. The van der Waals surface area contributed by atoms with Crippen LogP contribution in [-0.4, -0.2) is 6.61 Å². The summed E-state index contributed by atoms with van der Waals surface area (Å²) in [5.41, 5.74) is 0. The largest absolute Gasteiger partial charge is 0.498 e. The summed E-state index contributed by atoms with van der Waals surface area (Å²) in [6, 6.07) is 0. The summed E-state index contributed by atoms with van der Waals surface area (Å²) in [7, 11) is 0. The summed E-state index contributed by atoms with van der Waals surface area (Å²) < 4.78 is 6.05. The predicted octanol–water partition coefficient (Wildman–Crippen LogP) is 3.94. The van der Waals surface area contributed by atoms with Crippen molar-refractivity contribution in [2.24, 2.45) is 35.5 Å². The Morgan fingerprint density at radius 1 is 0.944 bits per heavy atom. The lowest BCUT2D eigenvalue weighted by molar-refractivity contribution is 0.123. The van der Waals surface area contributed by atoms with Gasteiger partial charge in [0.15, 0.2) is 0 Å². The highest BCUT2D eigenvalue weighted by Crippen LogP contribution is 2.47. The van der Waals surface area contributed by atoms with Gasteiger partial charge >= 0.3 is 0 Å². The Morgan fingerprint density at radius 3 is 2.22 bits per heavy atom. The minimum atomic E-state index is 0.606. The number of hydrogen-bond acceptors (Lipinski definition) is 1. The van der Waals surface area contributed by atoms with E-state index in [-0.39, 0.29) is 0 Å². The molecule has 0 aromatic rings.